The number of amides is 1. The van der Waals surface area contributed by atoms with E-state index in [1.165, 1.54) is 25.2 Å². The zero-order valence-corrected chi connectivity index (χ0v) is 11.9. The molecular weight excluding hydrogens is 265 g/mol. The monoisotopic (exact) mass is 283 g/mol. The molecule has 110 valence electrons. The largest absolute Gasteiger partial charge is 0.479 e. The first-order valence-electron chi connectivity index (χ1n) is 6.06. The topological polar surface area (TPSA) is 66.8 Å². The van der Waals surface area contributed by atoms with Crippen LogP contribution in [0.5, 0.6) is 0 Å². The fourth-order valence-electron chi connectivity index (χ4n) is 1.65. The summed E-state index contributed by atoms with van der Waals surface area (Å²) in [6.07, 6.45) is -0.783. The van der Waals surface area contributed by atoms with E-state index in [0.29, 0.717) is 0 Å². The molecule has 1 atom stereocenters. The first-order valence-corrected chi connectivity index (χ1v) is 6.06. The molecule has 1 aromatic rings. The number of aliphatic carboxylic acids is 1. The maximum Gasteiger partial charge on any atom is 0.411 e. The standard InChI is InChI=1S/C14H18FNO4/c1-14(2,3)20-13(19)16(4)11(12(17)18)9-6-5-7-10(15)8-9/h5-8,11H,1-4H3,(H,17,18). The van der Waals surface area contributed by atoms with E-state index in [-0.39, 0.29) is 5.56 Å². The molecule has 1 aromatic carbocycles. The highest BCUT2D eigenvalue weighted by Gasteiger charge is 2.31. The third-order valence-electron chi connectivity index (χ3n) is 2.47. The lowest BCUT2D eigenvalue weighted by molar-refractivity contribution is -0.142. The highest BCUT2D eigenvalue weighted by Crippen LogP contribution is 2.22. The molecule has 20 heavy (non-hydrogen) atoms. The molecule has 0 saturated carbocycles. The third-order valence-corrected chi connectivity index (χ3v) is 2.47. The molecule has 1 rings (SSSR count). The number of nitrogens with zero attached hydrogens (tertiary/aromatic N) is 1. The summed E-state index contributed by atoms with van der Waals surface area (Å²) in [6, 6.07) is 3.82. The quantitative estimate of drug-likeness (QED) is 0.926. The van der Waals surface area contributed by atoms with Gasteiger partial charge in [0.2, 0.25) is 0 Å². The van der Waals surface area contributed by atoms with Gasteiger partial charge in [-0.15, -0.1) is 0 Å². The zero-order valence-electron chi connectivity index (χ0n) is 11.9. The molecule has 0 aliphatic carbocycles. The Kier molecular flexibility index (Phi) is 4.70. The van der Waals surface area contributed by atoms with Gasteiger partial charge in [-0.3, -0.25) is 4.90 Å². The van der Waals surface area contributed by atoms with Crippen molar-refractivity contribution < 1.29 is 23.8 Å². The van der Waals surface area contributed by atoms with Crippen molar-refractivity contribution in [3.8, 4) is 0 Å². The van der Waals surface area contributed by atoms with Crippen LogP contribution < -0.4 is 0 Å². The molecule has 0 bridgehead atoms. The van der Waals surface area contributed by atoms with Crippen LogP contribution in [0.15, 0.2) is 24.3 Å². The minimum absolute atomic E-state index is 0.172. The molecule has 0 heterocycles. The predicted octanol–water partition coefficient (Wildman–Crippen LogP) is 2.82. The number of ether oxygens (including phenoxy) is 1. The molecule has 0 aromatic heterocycles. The lowest BCUT2D eigenvalue weighted by Gasteiger charge is -2.28. The lowest BCUT2D eigenvalue weighted by Crippen LogP contribution is -2.39. The number of carbonyl (C=O) groups is 2. The Balaban J connectivity index is 3.03. The second-order valence-corrected chi connectivity index (χ2v) is 5.39. The summed E-state index contributed by atoms with van der Waals surface area (Å²) in [6.45, 7) is 5.03. The maximum absolute atomic E-state index is 13.2. The zero-order chi connectivity index (χ0) is 15.5. The van der Waals surface area contributed by atoms with Crippen LogP contribution in [0, 0.1) is 5.82 Å². The van der Waals surface area contributed by atoms with Crippen LogP contribution in [0.2, 0.25) is 0 Å². The second-order valence-electron chi connectivity index (χ2n) is 5.39. The van der Waals surface area contributed by atoms with E-state index in [0.717, 1.165) is 11.0 Å². The number of rotatable bonds is 3. The van der Waals surface area contributed by atoms with E-state index in [2.05, 4.69) is 0 Å². The highest BCUT2D eigenvalue weighted by molar-refractivity contribution is 5.81. The maximum atomic E-state index is 13.2. The molecule has 1 N–H and O–H groups in total. The van der Waals surface area contributed by atoms with Crippen molar-refractivity contribution in [2.75, 3.05) is 7.05 Å². The Morgan fingerprint density at radius 3 is 2.40 bits per heavy atom. The van der Waals surface area contributed by atoms with Crippen LogP contribution in [0.4, 0.5) is 9.18 Å². The van der Waals surface area contributed by atoms with Gasteiger partial charge in [-0.1, -0.05) is 12.1 Å². The number of halogens is 1. The van der Waals surface area contributed by atoms with Gasteiger partial charge in [-0.25, -0.2) is 14.0 Å². The van der Waals surface area contributed by atoms with E-state index in [1.807, 2.05) is 0 Å². The molecule has 0 fully saturated rings. The molecule has 0 saturated heterocycles. The van der Waals surface area contributed by atoms with Crippen molar-refractivity contribution in [2.24, 2.45) is 0 Å². The van der Waals surface area contributed by atoms with Crippen LogP contribution >= 0.6 is 0 Å². The van der Waals surface area contributed by atoms with Gasteiger partial charge in [0.1, 0.15) is 11.4 Å². The van der Waals surface area contributed by atoms with E-state index in [9.17, 15) is 19.1 Å². The van der Waals surface area contributed by atoms with Gasteiger partial charge in [0.25, 0.3) is 0 Å². The van der Waals surface area contributed by atoms with Crippen molar-refractivity contribution in [1.29, 1.82) is 0 Å². The Labute approximate surface area is 117 Å². The number of carboxylic acid groups (broad SMARTS) is 1. The average molecular weight is 283 g/mol. The van der Waals surface area contributed by atoms with Crippen LogP contribution in [0.1, 0.15) is 32.4 Å². The number of carbonyl (C=O) groups excluding carboxylic acids is 1. The Morgan fingerprint density at radius 2 is 1.95 bits per heavy atom. The summed E-state index contributed by atoms with van der Waals surface area (Å²) in [5.41, 5.74) is -0.568. The molecule has 0 spiro atoms. The van der Waals surface area contributed by atoms with E-state index >= 15 is 0 Å². The number of hydrogen-bond acceptors (Lipinski definition) is 3. The van der Waals surface area contributed by atoms with E-state index in [4.69, 9.17) is 4.74 Å². The summed E-state index contributed by atoms with van der Waals surface area (Å²) in [5, 5.41) is 9.26. The Hall–Kier alpha value is -2.11. The molecule has 0 radical (unpaired) electrons. The van der Waals surface area contributed by atoms with Crippen LogP contribution in [-0.4, -0.2) is 34.7 Å². The summed E-state index contributed by atoms with van der Waals surface area (Å²) < 4.78 is 18.3. The molecule has 6 heteroatoms. The first kappa shape index (κ1) is 15.9. The van der Waals surface area contributed by atoms with Gasteiger partial charge in [-0.05, 0) is 38.5 Å². The summed E-state index contributed by atoms with van der Waals surface area (Å²) in [5.74, 6) is -1.82. The summed E-state index contributed by atoms with van der Waals surface area (Å²) in [4.78, 5) is 24.2. The molecule has 0 aliphatic rings. The lowest BCUT2D eigenvalue weighted by atomic mass is 10.1. The minimum atomic E-state index is -1.31. The first-order chi connectivity index (χ1) is 9.11. The molecular formula is C14H18FNO4. The van der Waals surface area contributed by atoms with Crippen molar-refractivity contribution in [2.45, 2.75) is 32.4 Å². The van der Waals surface area contributed by atoms with E-state index in [1.54, 1.807) is 20.8 Å². The van der Waals surface area contributed by atoms with Gasteiger partial charge in [-0.2, -0.15) is 0 Å². The Morgan fingerprint density at radius 1 is 1.35 bits per heavy atom. The third kappa shape index (κ3) is 4.22. The van der Waals surface area contributed by atoms with Crippen LogP contribution in [0.25, 0.3) is 0 Å². The van der Waals surface area contributed by atoms with Crippen molar-refractivity contribution >= 4 is 12.1 Å². The predicted molar refractivity (Wildman–Crippen MR) is 70.8 cm³/mol. The molecule has 5 nitrogen and oxygen atoms in total. The Bertz CT molecular complexity index is 510. The normalized spacial score (nSPS) is 12.7. The summed E-state index contributed by atoms with van der Waals surface area (Å²) in [7, 11) is 1.30. The second kappa shape index (κ2) is 5.90. The van der Waals surface area contributed by atoms with E-state index < -0.39 is 29.5 Å². The average Bonchev–Trinajstić information content (AvgIpc) is 2.26. The SMILES string of the molecule is CN(C(=O)OC(C)(C)C)C(C(=O)O)c1cccc(F)c1. The van der Waals surface area contributed by atoms with Crippen LogP contribution in [0.3, 0.4) is 0 Å². The number of benzene rings is 1. The number of likely N-dealkylation sites (N-methyl/N-ethyl adjacent to an activating group) is 1. The highest BCUT2D eigenvalue weighted by atomic mass is 19.1. The molecule has 1 amide bonds. The summed E-state index contributed by atoms with van der Waals surface area (Å²) >= 11 is 0. The molecule has 1 unspecified atom stereocenters. The van der Waals surface area contributed by atoms with Gasteiger partial charge < -0.3 is 9.84 Å². The van der Waals surface area contributed by atoms with Crippen LogP contribution in [-0.2, 0) is 9.53 Å². The number of hydrogen-bond donors (Lipinski definition) is 1. The van der Waals surface area contributed by atoms with Gasteiger partial charge in [0.15, 0.2) is 6.04 Å². The van der Waals surface area contributed by atoms with Crippen molar-refractivity contribution in [3.63, 3.8) is 0 Å². The minimum Gasteiger partial charge on any atom is -0.479 e. The smallest absolute Gasteiger partial charge is 0.411 e. The van der Waals surface area contributed by atoms with Gasteiger partial charge in [0, 0.05) is 7.05 Å². The number of carboxylic acids is 1. The van der Waals surface area contributed by atoms with Crippen molar-refractivity contribution in [1.82, 2.24) is 4.90 Å². The molecule has 0 aliphatic heterocycles. The van der Waals surface area contributed by atoms with Gasteiger partial charge >= 0.3 is 12.1 Å². The van der Waals surface area contributed by atoms with Gasteiger partial charge in [0.05, 0.1) is 0 Å². The van der Waals surface area contributed by atoms with Crippen molar-refractivity contribution in [3.05, 3.63) is 35.6 Å². The fraction of sp³-hybridized carbons (Fsp3) is 0.429. The fourth-order valence-corrected chi connectivity index (χ4v) is 1.65.